The zero-order chi connectivity index (χ0) is 16.1. The predicted octanol–water partition coefficient (Wildman–Crippen LogP) is 0.868. The normalized spacial score (nSPS) is 23.0. The van der Waals surface area contributed by atoms with E-state index in [1.54, 1.807) is 0 Å². The topological polar surface area (TPSA) is 51.6 Å². The number of β-amino-alcohol motifs (C(OH)–C–C–N with tert-alkyl or cyclic N) is 1. The van der Waals surface area contributed by atoms with Gasteiger partial charge in [0.05, 0.1) is 11.8 Å². The lowest BCUT2D eigenvalue weighted by atomic mass is 9.92. The molecular formula is C18H30N4O. The average molecular weight is 318 g/mol. The van der Waals surface area contributed by atoms with Gasteiger partial charge in [-0.1, -0.05) is 6.07 Å². The summed E-state index contributed by atoms with van der Waals surface area (Å²) in [5.74, 6) is 0.477. The summed E-state index contributed by atoms with van der Waals surface area (Å²) in [7, 11) is 0. The van der Waals surface area contributed by atoms with Gasteiger partial charge in [-0.25, -0.2) is 0 Å². The van der Waals surface area contributed by atoms with Crippen molar-refractivity contribution in [3.63, 3.8) is 0 Å². The van der Waals surface area contributed by atoms with Crippen LogP contribution < -0.4 is 5.32 Å². The number of piperidine rings is 1. The molecule has 23 heavy (non-hydrogen) atoms. The zero-order valence-corrected chi connectivity index (χ0v) is 14.2. The first kappa shape index (κ1) is 16.8. The standard InChI is InChI=1S/C18H30N4O/c1-15-3-2-6-20-17(15)13-21-9-11-22(12-10-21)14-18(23)16-4-7-19-8-5-16/h2-3,6,16,18-19,23H,4-5,7-14H2,1H3. The molecule has 0 spiro atoms. The second kappa shape index (κ2) is 8.20. The molecule has 0 saturated carbocycles. The van der Waals surface area contributed by atoms with Crippen LogP contribution in [0.4, 0.5) is 0 Å². The highest BCUT2D eigenvalue weighted by Crippen LogP contribution is 2.18. The van der Waals surface area contributed by atoms with Crippen LogP contribution in [-0.4, -0.2) is 71.8 Å². The molecule has 1 atom stereocenters. The molecule has 0 aromatic carbocycles. The van der Waals surface area contributed by atoms with Crippen LogP contribution in [0.2, 0.25) is 0 Å². The van der Waals surface area contributed by atoms with Gasteiger partial charge in [0.2, 0.25) is 0 Å². The van der Waals surface area contributed by atoms with Crippen molar-refractivity contribution in [1.82, 2.24) is 20.1 Å². The van der Waals surface area contributed by atoms with Crippen LogP contribution in [0.5, 0.6) is 0 Å². The third-order valence-electron chi connectivity index (χ3n) is 5.33. The molecule has 3 rings (SSSR count). The van der Waals surface area contributed by atoms with E-state index in [0.717, 1.165) is 65.2 Å². The monoisotopic (exact) mass is 318 g/mol. The van der Waals surface area contributed by atoms with Crippen molar-refractivity contribution in [2.45, 2.75) is 32.4 Å². The smallest absolute Gasteiger partial charge is 0.0696 e. The number of hydrogen-bond donors (Lipinski definition) is 2. The molecule has 0 aliphatic carbocycles. The first-order valence-electron chi connectivity index (χ1n) is 8.96. The van der Waals surface area contributed by atoms with Gasteiger partial charge in [-0.2, -0.15) is 0 Å². The summed E-state index contributed by atoms with van der Waals surface area (Å²) in [5, 5.41) is 13.8. The zero-order valence-electron chi connectivity index (χ0n) is 14.2. The summed E-state index contributed by atoms with van der Waals surface area (Å²) in [6, 6.07) is 4.13. The van der Waals surface area contributed by atoms with E-state index in [0.29, 0.717) is 5.92 Å². The van der Waals surface area contributed by atoms with Crippen LogP contribution in [0.15, 0.2) is 18.3 Å². The van der Waals surface area contributed by atoms with Crippen LogP contribution in [0.25, 0.3) is 0 Å². The van der Waals surface area contributed by atoms with Crippen molar-refractivity contribution in [3.05, 3.63) is 29.6 Å². The molecule has 2 aliphatic heterocycles. The first-order valence-corrected chi connectivity index (χ1v) is 8.96. The van der Waals surface area contributed by atoms with Crippen LogP contribution in [-0.2, 0) is 6.54 Å². The Bertz CT molecular complexity index is 482. The van der Waals surface area contributed by atoms with Crippen LogP contribution in [0.1, 0.15) is 24.1 Å². The van der Waals surface area contributed by atoms with Gasteiger partial charge in [-0.3, -0.25) is 14.8 Å². The number of aliphatic hydroxyl groups is 1. The Morgan fingerprint density at radius 1 is 1.22 bits per heavy atom. The summed E-state index contributed by atoms with van der Waals surface area (Å²) >= 11 is 0. The van der Waals surface area contributed by atoms with Gasteiger partial charge < -0.3 is 10.4 Å². The number of piperazine rings is 1. The van der Waals surface area contributed by atoms with E-state index in [4.69, 9.17) is 0 Å². The molecule has 1 aromatic rings. The van der Waals surface area contributed by atoms with Gasteiger partial charge in [0, 0.05) is 45.5 Å². The number of nitrogens with one attached hydrogen (secondary N) is 1. The minimum absolute atomic E-state index is 0.165. The number of rotatable bonds is 5. The van der Waals surface area contributed by atoms with Crippen LogP contribution >= 0.6 is 0 Å². The largest absolute Gasteiger partial charge is 0.392 e. The Morgan fingerprint density at radius 2 is 1.91 bits per heavy atom. The molecule has 2 fully saturated rings. The fraction of sp³-hybridized carbons (Fsp3) is 0.722. The Balaban J connectivity index is 1.42. The Morgan fingerprint density at radius 3 is 2.61 bits per heavy atom. The van der Waals surface area contributed by atoms with Gasteiger partial charge in [-0.15, -0.1) is 0 Å². The summed E-state index contributed by atoms with van der Waals surface area (Å²) in [4.78, 5) is 9.40. The summed E-state index contributed by atoms with van der Waals surface area (Å²) < 4.78 is 0. The van der Waals surface area contributed by atoms with E-state index < -0.39 is 0 Å². The maximum atomic E-state index is 10.5. The van der Waals surface area contributed by atoms with Gasteiger partial charge in [0.25, 0.3) is 0 Å². The van der Waals surface area contributed by atoms with Crippen molar-refractivity contribution < 1.29 is 5.11 Å². The predicted molar refractivity (Wildman–Crippen MR) is 92.3 cm³/mol. The molecule has 0 amide bonds. The molecular weight excluding hydrogens is 288 g/mol. The number of pyridine rings is 1. The molecule has 5 heteroatoms. The minimum atomic E-state index is -0.165. The lowest BCUT2D eigenvalue weighted by molar-refractivity contribution is 0.0302. The minimum Gasteiger partial charge on any atom is -0.392 e. The Hall–Kier alpha value is -1.01. The van der Waals surface area contributed by atoms with E-state index >= 15 is 0 Å². The molecule has 3 heterocycles. The highest BCUT2D eigenvalue weighted by Gasteiger charge is 2.25. The van der Waals surface area contributed by atoms with E-state index in [-0.39, 0.29) is 6.10 Å². The average Bonchev–Trinajstić information content (AvgIpc) is 2.59. The highest BCUT2D eigenvalue weighted by molar-refractivity contribution is 5.17. The van der Waals surface area contributed by atoms with Gasteiger partial charge >= 0.3 is 0 Å². The van der Waals surface area contributed by atoms with Crippen molar-refractivity contribution in [3.8, 4) is 0 Å². The maximum Gasteiger partial charge on any atom is 0.0696 e. The molecule has 5 nitrogen and oxygen atoms in total. The second-order valence-corrected chi connectivity index (χ2v) is 7.00. The van der Waals surface area contributed by atoms with Crippen molar-refractivity contribution in [2.24, 2.45) is 5.92 Å². The molecule has 0 bridgehead atoms. The van der Waals surface area contributed by atoms with Gasteiger partial charge in [0.1, 0.15) is 0 Å². The lowest BCUT2D eigenvalue weighted by Gasteiger charge is -2.37. The molecule has 2 N–H and O–H groups in total. The van der Waals surface area contributed by atoms with Gasteiger partial charge in [0.15, 0.2) is 0 Å². The molecule has 1 aromatic heterocycles. The van der Waals surface area contributed by atoms with E-state index in [1.165, 1.54) is 11.3 Å². The first-order chi connectivity index (χ1) is 11.2. The van der Waals surface area contributed by atoms with Crippen LogP contribution in [0, 0.1) is 12.8 Å². The molecule has 1 unspecified atom stereocenters. The van der Waals surface area contributed by atoms with Crippen molar-refractivity contribution >= 4 is 0 Å². The summed E-state index contributed by atoms with van der Waals surface area (Å²) in [5.41, 5.74) is 2.46. The fourth-order valence-corrected chi connectivity index (χ4v) is 3.67. The highest BCUT2D eigenvalue weighted by atomic mass is 16.3. The van der Waals surface area contributed by atoms with E-state index in [9.17, 15) is 5.11 Å². The molecule has 128 valence electrons. The van der Waals surface area contributed by atoms with Crippen LogP contribution in [0.3, 0.4) is 0 Å². The molecule has 2 saturated heterocycles. The quantitative estimate of drug-likeness (QED) is 0.844. The molecule has 2 aliphatic rings. The number of nitrogens with zero attached hydrogens (tertiary/aromatic N) is 3. The Kier molecular flexibility index (Phi) is 6.00. The maximum absolute atomic E-state index is 10.5. The summed E-state index contributed by atoms with van der Waals surface area (Å²) in [6.45, 7) is 10.2. The number of aryl methyl sites for hydroxylation is 1. The fourth-order valence-electron chi connectivity index (χ4n) is 3.67. The number of hydrogen-bond acceptors (Lipinski definition) is 5. The third kappa shape index (κ3) is 4.73. The number of aromatic nitrogens is 1. The third-order valence-corrected chi connectivity index (χ3v) is 5.33. The van der Waals surface area contributed by atoms with Crippen molar-refractivity contribution in [2.75, 3.05) is 45.8 Å². The second-order valence-electron chi connectivity index (χ2n) is 7.00. The van der Waals surface area contributed by atoms with E-state index in [2.05, 4.69) is 33.1 Å². The SMILES string of the molecule is Cc1cccnc1CN1CCN(CC(O)C2CCNCC2)CC1. The Labute approximate surface area is 139 Å². The van der Waals surface area contributed by atoms with Crippen molar-refractivity contribution in [1.29, 1.82) is 0 Å². The molecule has 0 radical (unpaired) electrons. The number of aliphatic hydroxyl groups excluding tert-OH is 1. The van der Waals surface area contributed by atoms with E-state index in [1.807, 2.05) is 12.3 Å². The van der Waals surface area contributed by atoms with Gasteiger partial charge in [-0.05, 0) is 50.4 Å². The lowest BCUT2D eigenvalue weighted by Crippen LogP contribution is -2.49. The summed E-state index contributed by atoms with van der Waals surface area (Å²) in [6.07, 6.45) is 3.94.